The lowest BCUT2D eigenvalue weighted by atomic mass is 9.61. The van der Waals surface area contributed by atoms with Crippen LogP contribution >= 0.6 is 0 Å². The normalized spacial score (nSPS) is 14.5. The smallest absolute Gasteiger partial charge is 0.393 e. The van der Waals surface area contributed by atoms with E-state index in [1.807, 2.05) is 25.1 Å². The van der Waals surface area contributed by atoms with Crippen LogP contribution in [0.3, 0.4) is 0 Å². The Kier molecular flexibility index (Phi) is 3.64. The van der Waals surface area contributed by atoms with Crippen molar-refractivity contribution < 1.29 is 0 Å². The summed E-state index contributed by atoms with van der Waals surface area (Å²) in [4.78, 5) is 4.47. The molecule has 0 amide bonds. The van der Waals surface area contributed by atoms with E-state index in [2.05, 4.69) is 66.2 Å². The SMILES string of the molecule is C/C(C#N)=C(/B1N(C)c2ccccc2N1C)c1ccccc1. The quantitative estimate of drug-likeness (QED) is 0.624. The summed E-state index contributed by atoms with van der Waals surface area (Å²) in [5.74, 6) is 0. The van der Waals surface area contributed by atoms with Gasteiger partial charge in [0.15, 0.2) is 0 Å². The largest absolute Gasteiger partial charge is 0.412 e. The first-order chi connectivity index (χ1) is 10.6. The number of fused-ring (bicyclic) bond motifs is 1. The Morgan fingerprint density at radius 1 is 0.909 bits per heavy atom. The third-order valence-electron chi connectivity index (χ3n) is 4.29. The van der Waals surface area contributed by atoms with Gasteiger partial charge >= 0.3 is 6.98 Å². The Morgan fingerprint density at radius 2 is 1.41 bits per heavy atom. The summed E-state index contributed by atoms with van der Waals surface area (Å²) in [6.07, 6.45) is 0. The van der Waals surface area contributed by atoms with Crippen LogP contribution in [0.25, 0.3) is 5.47 Å². The first-order valence-electron chi connectivity index (χ1n) is 7.36. The van der Waals surface area contributed by atoms with E-state index in [1.54, 1.807) is 0 Å². The van der Waals surface area contributed by atoms with E-state index in [-0.39, 0.29) is 6.98 Å². The van der Waals surface area contributed by atoms with Crippen LogP contribution < -0.4 is 9.62 Å². The molecule has 0 aliphatic carbocycles. The molecule has 108 valence electrons. The molecule has 4 heteroatoms. The van der Waals surface area contributed by atoms with Crippen molar-refractivity contribution in [1.82, 2.24) is 0 Å². The van der Waals surface area contributed by atoms with E-state index in [0.717, 1.165) is 16.6 Å². The van der Waals surface area contributed by atoms with Crippen LogP contribution in [-0.4, -0.2) is 21.1 Å². The summed E-state index contributed by atoms with van der Waals surface area (Å²) in [5.41, 5.74) is 5.29. The van der Waals surface area contributed by atoms with Crippen molar-refractivity contribution in [2.45, 2.75) is 6.92 Å². The molecule has 0 fully saturated rings. The fourth-order valence-electron chi connectivity index (χ4n) is 3.21. The van der Waals surface area contributed by atoms with Crippen LogP contribution in [0.1, 0.15) is 12.5 Å². The standard InChI is InChI=1S/C18H18BN3/c1-14(13-20)18(15-9-5-4-6-10-15)19-21(2)16-11-7-8-12-17(16)22(19)3/h4-12H,1-3H3/b18-14-. The number of nitrogens with zero attached hydrogens (tertiary/aromatic N) is 3. The molecule has 2 aromatic rings. The summed E-state index contributed by atoms with van der Waals surface area (Å²) < 4.78 is 0. The van der Waals surface area contributed by atoms with Gasteiger partial charge in [0.25, 0.3) is 0 Å². The molecule has 0 saturated heterocycles. The summed E-state index contributed by atoms with van der Waals surface area (Å²) in [6.45, 7) is 1.92. The Labute approximate surface area is 132 Å². The second kappa shape index (κ2) is 5.61. The Morgan fingerprint density at radius 3 is 1.91 bits per heavy atom. The fourth-order valence-corrected chi connectivity index (χ4v) is 3.21. The number of rotatable bonds is 2. The Balaban J connectivity index is 2.15. The first kappa shape index (κ1) is 14.3. The second-order valence-electron chi connectivity index (χ2n) is 5.60. The van der Waals surface area contributed by atoms with Crippen LogP contribution in [0.2, 0.25) is 0 Å². The molecule has 22 heavy (non-hydrogen) atoms. The number of hydrogen-bond acceptors (Lipinski definition) is 3. The van der Waals surface area contributed by atoms with Gasteiger partial charge in [-0.1, -0.05) is 42.5 Å². The number of benzene rings is 2. The molecular formula is C18H18BN3. The molecule has 0 bridgehead atoms. The minimum Gasteiger partial charge on any atom is -0.393 e. The van der Waals surface area contributed by atoms with Crippen molar-refractivity contribution >= 4 is 23.8 Å². The molecule has 0 saturated carbocycles. The lowest BCUT2D eigenvalue weighted by Crippen LogP contribution is -2.46. The van der Waals surface area contributed by atoms with Gasteiger partial charge in [-0.2, -0.15) is 5.26 Å². The van der Waals surface area contributed by atoms with Crippen LogP contribution in [0.5, 0.6) is 0 Å². The molecular weight excluding hydrogens is 269 g/mol. The van der Waals surface area contributed by atoms with E-state index in [9.17, 15) is 5.26 Å². The van der Waals surface area contributed by atoms with Gasteiger partial charge in [0.05, 0.1) is 6.07 Å². The maximum atomic E-state index is 9.47. The minimum atomic E-state index is 0.0273. The predicted molar refractivity (Wildman–Crippen MR) is 93.7 cm³/mol. The van der Waals surface area contributed by atoms with Crippen molar-refractivity contribution in [3.8, 4) is 6.07 Å². The number of nitriles is 1. The van der Waals surface area contributed by atoms with Gasteiger partial charge in [-0.25, -0.2) is 0 Å². The number of allylic oxidation sites excluding steroid dienone is 1. The van der Waals surface area contributed by atoms with Crippen molar-refractivity contribution in [2.24, 2.45) is 0 Å². The summed E-state index contributed by atoms with van der Waals surface area (Å²) in [5, 5.41) is 9.47. The molecule has 0 spiro atoms. The number of anilines is 2. The zero-order valence-corrected chi connectivity index (χ0v) is 13.1. The van der Waals surface area contributed by atoms with Gasteiger partial charge < -0.3 is 9.62 Å². The Bertz CT molecular complexity index is 732. The van der Waals surface area contributed by atoms with Gasteiger partial charge in [0, 0.05) is 16.9 Å². The van der Waals surface area contributed by atoms with E-state index >= 15 is 0 Å². The van der Waals surface area contributed by atoms with Crippen LogP contribution in [0, 0.1) is 11.3 Å². The molecule has 1 aliphatic rings. The highest BCUT2D eigenvalue weighted by molar-refractivity contribution is 6.87. The molecule has 0 N–H and O–H groups in total. The van der Waals surface area contributed by atoms with Crippen LogP contribution in [0.15, 0.2) is 60.2 Å². The maximum absolute atomic E-state index is 9.47. The van der Waals surface area contributed by atoms with Crippen molar-refractivity contribution in [2.75, 3.05) is 23.7 Å². The van der Waals surface area contributed by atoms with E-state index in [1.165, 1.54) is 11.4 Å². The highest BCUT2D eigenvalue weighted by atomic mass is 15.3. The highest BCUT2D eigenvalue weighted by Crippen LogP contribution is 2.40. The van der Waals surface area contributed by atoms with Gasteiger partial charge in [-0.05, 0) is 44.2 Å². The number of hydrogen-bond donors (Lipinski definition) is 0. The molecule has 3 rings (SSSR count). The second-order valence-corrected chi connectivity index (χ2v) is 5.60. The predicted octanol–water partition coefficient (Wildman–Crippen LogP) is 3.60. The average Bonchev–Trinajstić information content (AvgIpc) is 2.81. The third kappa shape index (κ3) is 2.15. The molecule has 0 aromatic heterocycles. The number of para-hydroxylation sites is 2. The zero-order valence-electron chi connectivity index (χ0n) is 13.1. The average molecular weight is 287 g/mol. The van der Waals surface area contributed by atoms with Crippen molar-refractivity contribution in [1.29, 1.82) is 5.26 Å². The fraction of sp³-hybridized carbons (Fsp3) is 0.167. The molecule has 0 unspecified atom stereocenters. The van der Waals surface area contributed by atoms with E-state index in [0.29, 0.717) is 0 Å². The molecule has 3 nitrogen and oxygen atoms in total. The summed E-state index contributed by atoms with van der Waals surface area (Å²) >= 11 is 0. The molecule has 1 heterocycles. The summed E-state index contributed by atoms with van der Waals surface area (Å²) in [6, 6.07) is 20.8. The monoisotopic (exact) mass is 287 g/mol. The van der Waals surface area contributed by atoms with Crippen molar-refractivity contribution in [3.05, 3.63) is 65.7 Å². The lowest BCUT2D eigenvalue weighted by molar-refractivity contribution is 1.30. The zero-order chi connectivity index (χ0) is 15.7. The maximum Gasteiger partial charge on any atom is 0.412 e. The first-order valence-corrected chi connectivity index (χ1v) is 7.36. The molecule has 0 atom stereocenters. The van der Waals surface area contributed by atoms with Crippen molar-refractivity contribution in [3.63, 3.8) is 0 Å². The molecule has 1 aliphatic heterocycles. The molecule has 0 radical (unpaired) electrons. The minimum absolute atomic E-state index is 0.0273. The van der Waals surface area contributed by atoms with E-state index < -0.39 is 0 Å². The van der Waals surface area contributed by atoms with E-state index in [4.69, 9.17) is 0 Å². The third-order valence-corrected chi connectivity index (χ3v) is 4.29. The Hall–Kier alpha value is -2.67. The van der Waals surface area contributed by atoms with Gasteiger partial charge in [0.2, 0.25) is 0 Å². The summed E-state index contributed by atoms with van der Waals surface area (Å²) in [7, 11) is 4.17. The van der Waals surface area contributed by atoms with Crippen LogP contribution in [-0.2, 0) is 0 Å². The highest BCUT2D eigenvalue weighted by Gasteiger charge is 2.40. The van der Waals surface area contributed by atoms with Gasteiger partial charge in [-0.3, -0.25) is 0 Å². The lowest BCUT2D eigenvalue weighted by Gasteiger charge is -2.26. The van der Waals surface area contributed by atoms with Gasteiger partial charge in [-0.15, -0.1) is 0 Å². The van der Waals surface area contributed by atoms with Crippen LogP contribution in [0.4, 0.5) is 11.4 Å². The topological polar surface area (TPSA) is 30.3 Å². The van der Waals surface area contributed by atoms with Gasteiger partial charge in [0.1, 0.15) is 0 Å². The molecule has 2 aromatic carbocycles.